The van der Waals surface area contributed by atoms with Gasteiger partial charge in [0, 0.05) is 22.5 Å². The second-order valence-electron chi connectivity index (χ2n) is 8.14. The quantitative estimate of drug-likeness (QED) is 0.560. The minimum absolute atomic E-state index is 0.0401. The molecule has 2 amide bonds. The van der Waals surface area contributed by atoms with E-state index in [2.05, 4.69) is 5.32 Å². The smallest absolute Gasteiger partial charge is 0.255 e. The molecule has 0 bridgehead atoms. The second kappa shape index (κ2) is 8.59. The van der Waals surface area contributed by atoms with Gasteiger partial charge in [-0.1, -0.05) is 18.2 Å². The predicted octanol–water partition coefficient (Wildman–Crippen LogP) is 4.29. The summed E-state index contributed by atoms with van der Waals surface area (Å²) in [5.41, 5.74) is 1.58. The van der Waals surface area contributed by atoms with Crippen LogP contribution in [0.1, 0.15) is 12.0 Å². The third-order valence-electron chi connectivity index (χ3n) is 6.26. The largest absolute Gasteiger partial charge is 0.497 e. The molecule has 0 radical (unpaired) electrons. The number of rotatable bonds is 6. The normalized spacial score (nSPS) is 18.7. The van der Waals surface area contributed by atoms with Crippen LogP contribution in [0.2, 0.25) is 0 Å². The Kier molecular flexibility index (Phi) is 5.45. The Hall–Kier alpha value is -4.26. The minimum atomic E-state index is -1.22. The van der Waals surface area contributed by atoms with Gasteiger partial charge in [-0.25, -0.2) is 0 Å². The number of ether oxygens (including phenoxy) is 3. The summed E-state index contributed by atoms with van der Waals surface area (Å²) in [5.74, 6) is 1.65. The van der Waals surface area contributed by atoms with Gasteiger partial charge in [-0.3, -0.25) is 14.5 Å². The summed E-state index contributed by atoms with van der Waals surface area (Å²) in [5, 5.41) is 2.99. The number of para-hydroxylation sites is 1. The Labute approximate surface area is 197 Å². The number of anilines is 2. The van der Waals surface area contributed by atoms with Crippen molar-refractivity contribution in [3.8, 4) is 17.2 Å². The van der Waals surface area contributed by atoms with Crippen LogP contribution in [0.3, 0.4) is 0 Å². The number of methoxy groups -OCH3 is 2. The van der Waals surface area contributed by atoms with Gasteiger partial charge in [-0.15, -0.1) is 0 Å². The van der Waals surface area contributed by atoms with E-state index in [4.69, 9.17) is 14.2 Å². The highest BCUT2D eigenvalue weighted by Crippen LogP contribution is 2.46. The first-order chi connectivity index (χ1) is 16.5. The van der Waals surface area contributed by atoms with Gasteiger partial charge >= 0.3 is 0 Å². The number of nitrogens with one attached hydrogen (secondary N) is 1. The van der Waals surface area contributed by atoms with E-state index in [0.29, 0.717) is 28.4 Å². The molecule has 2 heterocycles. The van der Waals surface area contributed by atoms with Crippen molar-refractivity contribution < 1.29 is 23.8 Å². The Bertz CT molecular complexity index is 1270. The van der Waals surface area contributed by atoms with Crippen molar-refractivity contribution in [2.24, 2.45) is 0 Å². The van der Waals surface area contributed by atoms with Gasteiger partial charge in [0.15, 0.2) is 5.54 Å². The van der Waals surface area contributed by atoms with E-state index in [-0.39, 0.29) is 24.8 Å². The number of nitrogens with zero attached hydrogens (tertiary/aromatic N) is 1. The van der Waals surface area contributed by atoms with Crippen molar-refractivity contribution in [1.82, 2.24) is 0 Å². The van der Waals surface area contributed by atoms with Crippen molar-refractivity contribution in [3.05, 3.63) is 83.9 Å². The van der Waals surface area contributed by atoms with E-state index in [9.17, 15) is 9.59 Å². The van der Waals surface area contributed by atoms with E-state index in [1.165, 1.54) is 0 Å². The first kappa shape index (κ1) is 21.6. The number of hydrogen-bond acceptors (Lipinski definition) is 5. The van der Waals surface area contributed by atoms with E-state index in [1.807, 2.05) is 30.3 Å². The lowest BCUT2D eigenvalue weighted by Crippen LogP contribution is -2.71. The molecule has 0 saturated carbocycles. The second-order valence-corrected chi connectivity index (χ2v) is 8.14. The molecule has 0 aliphatic carbocycles. The molecule has 5 rings (SSSR count). The van der Waals surface area contributed by atoms with Gasteiger partial charge in [-0.05, 0) is 60.7 Å². The van der Waals surface area contributed by atoms with Crippen molar-refractivity contribution in [2.45, 2.75) is 12.0 Å². The number of carbonyl (C=O) groups is 2. The maximum Gasteiger partial charge on any atom is 0.255 e. The van der Waals surface area contributed by atoms with Crippen LogP contribution >= 0.6 is 0 Å². The molecular formula is C27H24N2O5. The molecule has 34 heavy (non-hydrogen) atoms. The van der Waals surface area contributed by atoms with Crippen LogP contribution in [0.25, 0.3) is 6.08 Å². The molecule has 2 aliphatic heterocycles. The predicted molar refractivity (Wildman–Crippen MR) is 129 cm³/mol. The fraction of sp³-hybridized carbons (Fsp3) is 0.185. The van der Waals surface area contributed by atoms with Gasteiger partial charge in [0.1, 0.15) is 23.9 Å². The van der Waals surface area contributed by atoms with E-state index in [0.717, 1.165) is 11.3 Å². The topological polar surface area (TPSA) is 77.1 Å². The Morgan fingerprint density at radius 2 is 1.59 bits per heavy atom. The lowest BCUT2D eigenvalue weighted by Gasteiger charge is -2.52. The average Bonchev–Trinajstić information content (AvgIpc) is 2.87. The number of amides is 2. The summed E-state index contributed by atoms with van der Waals surface area (Å²) in [7, 11) is 3.17. The molecular weight excluding hydrogens is 432 g/mol. The lowest BCUT2D eigenvalue weighted by molar-refractivity contribution is -0.135. The maximum atomic E-state index is 13.9. The van der Waals surface area contributed by atoms with Crippen LogP contribution < -0.4 is 24.4 Å². The minimum Gasteiger partial charge on any atom is -0.497 e. The zero-order valence-corrected chi connectivity index (χ0v) is 18.9. The first-order valence-electron chi connectivity index (χ1n) is 10.9. The molecule has 0 spiro atoms. The highest BCUT2D eigenvalue weighted by atomic mass is 16.5. The molecule has 7 heteroatoms. The molecule has 172 valence electrons. The number of fused-ring (bicyclic) bond motifs is 1. The molecule has 3 aromatic carbocycles. The Morgan fingerprint density at radius 1 is 0.941 bits per heavy atom. The number of benzene rings is 3. The maximum absolute atomic E-state index is 13.9. The summed E-state index contributed by atoms with van der Waals surface area (Å²) in [6, 6.07) is 21.8. The van der Waals surface area contributed by atoms with Gasteiger partial charge in [0.2, 0.25) is 5.91 Å². The fourth-order valence-electron chi connectivity index (χ4n) is 4.44. The van der Waals surface area contributed by atoms with Gasteiger partial charge in [-0.2, -0.15) is 0 Å². The zero-order chi connectivity index (χ0) is 23.7. The lowest BCUT2D eigenvalue weighted by atomic mass is 9.74. The molecule has 3 aromatic rings. The van der Waals surface area contributed by atoms with E-state index in [1.54, 1.807) is 67.7 Å². The summed E-state index contributed by atoms with van der Waals surface area (Å²) >= 11 is 0. The highest BCUT2D eigenvalue weighted by Gasteiger charge is 2.60. The monoisotopic (exact) mass is 456 g/mol. The number of hydrogen-bond donors (Lipinski definition) is 1. The summed E-state index contributed by atoms with van der Waals surface area (Å²) in [6.07, 6.45) is 1.99. The SMILES string of the molecule is COc1ccc(NC(=O)C2(C3=Cc4ccccc4OC3)CC(=O)N2c2ccc(OC)cc2)cc1. The van der Waals surface area contributed by atoms with Crippen LogP contribution in [0.5, 0.6) is 17.2 Å². The third kappa shape index (κ3) is 3.55. The molecule has 1 fully saturated rings. The van der Waals surface area contributed by atoms with Gasteiger partial charge in [0.25, 0.3) is 5.91 Å². The van der Waals surface area contributed by atoms with E-state index >= 15 is 0 Å². The van der Waals surface area contributed by atoms with Crippen molar-refractivity contribution in [1.29, 1.82) is 0 Å². The molecule has 1 saturated heterocycles. The van der Waals surface area contributed by atoms with Gasteiger partial charge in [0.05, 0.1) is 20.6 Å². The van der Waals surface area contributed by atoms with Crippen molar-refractivity contribution in [2.75, 3.05) is 31.0 Å². The molecule has 1 N–H and O–H groups in total. The van der Waals surface area contributed by atoms with Crippen LogP contribution in [0, 0.1) is 0 Å². The Morgan fingerprint density at radius 3 is 2.24 bits per heavy atom. The Balaban J connectivity index is 1.57. The molecule has 1 unspecified atom stereocenters. The van der Waals surface area contributed by atoms with Crippen molar-refractivity contribution in [3.63, 3.8) is 0 Å². The van der Waals surface area contributed by atoms with Crippen LogP contribution in [0.15, 0.2) is 78.4 Å². The summed E-state index contributed by atoms with van der Waals surface area (Å²) in [4.78, 5) is 28.4. The molecule has 2 aliphatic rings. The summed E-state index contributed by atoms with van der Waals surface area (Å²) < 4.78 is 16.4. The van der Waals surface area contributed by atoms with Crippen molar-refractivity contribution >= 4 is 29.3 Å². The summed E-state index contributed by atoms with van der Waals surface area (Å²) in [6.45, 7) is 0.201. The number of β-lactam (4-membered cyclic amide) rings is 1. The fourth-order valence-corrected chi connectivity index (χ4v) is 4.44. The van der Waals surface area contributed by atoms with E-state index < -0.39 is 5.54 Å². The molecule has 1 atom stereocenters. The highest BCUT2D eigenvalue weighted by molar-refractivity contribution is 6.19. The molecule has 0 aromatic heterocycles. The van der Waals surface area contributed by atoms with Crippen LogP contribution in [-0.2, 0) is 9.59 Å². The standard InChI is InChI=1S/C27H24N2O5/c1-32-22-11-7-20(8-12-22)28-26(31)27(19-15-18-5-3-4-6-24(18)34-17-19)16-25(30)29(27)21-9-13-23(33-2)14-10-21/h3-15H,16-17H2,1-2H3,(H,28,31). The zero-order valence-electron chi connectivity index (χ0n) is 18.9. The van der Waals surface area contributed by atoms with Crippen LogP contribution in [-0.4, -0.2) is 38.2 Å². The third-order valence-corrected chi connectivity index (χ3v) is 6.26. The first-order valence-corrected chi connectivity index (χ1v) is 10.9. The number of carbonyl (C=O) groups excluding carboxylic acids is 2. The molecule has 7 nitrogen and oxygen atoms in total. The average molecular weight is 456 g/mol. The van der Waals surface area contributed by atoms with Gasteiger partial charge < -0.3 is 19.5 Å². The van der Waals surface area contributed by atoms with Crippen LogP contribution in [0.4, 0.5) is 11.4 Å².